The Morgan fingerprint density at radius 2 is 2.06 bits per heavy atom. The molecule has 1 aromatic carbocycles. The molecule has 1 amide bonds. The Morgan fingerprint density at radius 3 is 2.53 bits per heavy atom. The topological polar surface area (TPSA) is 95.6 Å². The van der Waals surface area contributed by atoms with Crippen molar-refractivity contribution in [3.05, 3.63) is 28.2 Å². The summed E-state index contributed by atoms with van der Waals surface area (Å²) in [7, 11) is 0. The molecular weight excluding hydrogens is 288 g/mol. The van der Waals surface area contributed by atoms with Gasteiger partial charge in [0.15, 0.2) is 0 Å². The summed E-state index contributed by atoms with van der Waals surface area (Å²) < 4.78 is 0.709. The van der Waals surface area contributed by atoms with Crippen molar-refractivity contribution < 1.29 is 15.0 Å². The number of hydrogen-bond acceptors (Lipinski definition) is 4. The molecule has 0 saturated heterocycles. The molecule has 1 rings (SSSR count). The molecule has 0 aliphatic carbocycles. The van der Waals surface area contributed by atoms with E-state index in [0.29, 0.717) is 15.7 Å². The van der Waals surface area contributed by atoms with Crippen LogP contribution >= 0.6 is 15.9 Å². The van der Waals surface area contributed by atoms with Gasteiger partial charge in [-0.3, -0.25) is 4.79 Å². The normalized spacial score (nSPS) is 11.3. The maximum absolute atomic E-state index is 11.8. The first-order valence-corrected chi connectivity index (χ1v) is 5.80. The summed E-state index contributed by atoms with van der Waals surface area (Å²) in [6.07, 6.45) is 0. The third-order valence-corrected chi connectivity index (χ3v) is 3.09. The Labute approximate surface area is 108 Å². The van der Waals surface area contributed by atoms with Gasteiger partial charge in [-0.25, -0.2) is 0 Å². The summed E-state index contributed by atoms with van der Waals surface area (Å²) in [5, 5.41) is 20.7. The highest BCUT2D eigenvalue weighted by atomic mass is 79.9. The van der Waals surface area contributed by atoms with Crippen molar-refractivity contribution in [1.82, 2.24) is 5.32 Å². The molecule has 0 aliphatic rings. The standard InChI is InChI=1S/C11H15BrN2O3/c1-11(5-15,6-16)14-10(17)7-2-3-8(12)9(13)4-7/h2-4,15-16H,5-6,13H2,1H3,(H,14,17). The number of aliphatic hydroxyl groups is 2. The Bertz CT molecular complexity index is 419. The average Bonchev–Trinajstić information content (AvgIpc) is 2.32. The highest BCUT2D eigenvalue weighted by molar-refractivity contribution is 9.10. The average molecular weight is 303 g/mol. The lowest BCUT2D eigenvalue weighted by molar-refractivity contribution is 0.0724. The van der Waals surface area contributed by atoms with Crippen molar-refractivity contribution in [3.8, 4) is 0 Å². The molecule has 0 saturated carbocycles. The van der Waals surface area contributed by atoms with Crippen molar-refractivity contribution in [1.29, 1.82) is 0 Å². The molecule has 0 aliphatic heterocycles. The fourth-order valence-electron chi connectivity index (χ4n) is 1.16. The van der Waals surface area contributed by atoms with Gasteiger partial charge in [-0.1, -0.05) is 0 Å². The van der Waals surface area contributed by atoms with E-state index >= 15 is 0 Å². The van der Waals surface area contributed by atoms with Gasteiger partial charge < -0.3 is 21.3 Å². The molecular formula is C11H15BrN2O3. The fraction of sp³-hybridized carbons (Fsp3) is 0.364. The van der Waals surface area contributed by atoms with Crippen LogP contribution < -0.4 is 11.1 Å². The quantitative estimate of drug-likeness (QED) is 0.609. The highest BCUT2D eigenvalue weighted by Gasteiger charge is 2.25. The van der Waals surface area contributed by atoms with E-state index in [9.17, 15) is 4.79 Å². The minimum absolute atomic E-state index is 0.346. The number of halogens is 1. The molecule has 5 nitrogen and oxygen atoms in total. The van der Waals surface area contributed by atoms with Crippen molar-refractivity contribution >= 4 is 27.5 Å². The van der Waals surface area contributed by atoms with Gasteiger partial charge in [0, 0.05) is 15.7 Å². The van der Waals surface area contributed by atoms with Gasteiger partial charge in [0.2, 0.25) is 0 Å². The predicted molar refractivity (Wildman–Crippen MR) is 68.6 cm³/mol. The number of aliphatic hydroxyl groups excluding tert-OH is 2. The SMILES string of the molecule is CC(CO)(CO)NC(=O)c1ccc(Br)c(N)c1. The van der Waals surface area contributed by atoms with Crippen LogP contribution in [0.15, 0.2) is 22.7 Å². The van der Waals surface area contributed by atoms with Gasteiger partial charge in [-0.15, -0.1) is 0 Å². The zero-order valence-corrected chi connectivity index (χ0v) is 11.0. The van der Waals surface area contributed by atoms with Crippen molar-refractivity contribution in [2.75, 3.05) is 18.9 Å². The summed E-state index contributed by atoms with van der Waals surface area (Å²) in [5.74, 6) is -0.394. The van der Waals surface area contributed by atoms with Crippen LogP contribution in [0.5, 0.6) is 0 Å². The molecule has 0 spiro atoms. The molecule has 0 fully saturated rings. The molecule has 0 heterocycles. The molecule has 0 unspecified atom stereocenters. The Kier molecular flexibility index (Phi) is 4.50. The molecule has 17 heavy (non-hydrogen) atoms. The zero-order valence-electron chi connectivity index (χ0n) is 9.40. The maximum atomic E-state index is 11.8. The summed E-state index contributed by atoms with van der Waals surface area (Å²) in [6, 6.07) is 4.79. The van der Waals surface area contributed by atoms with E-state index < -0.39 is 11.4 Å². The number of amides is 1. The highest BCUT2D eigenvalue weighted by Crippen LogP contribution is 2.20. The summed E-state index contributed by atoms with van der Waals surface area (Å²) >= 11 is 3.23. The Balaban J connectivity index is 2.86. The van der Waals surface area contributed by atoms with Crippen LogP contribution in [0.3, 0.4) is 0 Å². The Hall–Kier alpha value is -1.11. The first-order valence-electron chi connectivity index (χ1n) is 5.01. The zero-order chi connectivity index (χ0) is 13.1. The van der Waals surface area contributed by atoms with E-state index in [2.05, 4.69) is 21.2 Å². The van der Waals surface area contributed by atoms with Gasteiger partial charge >= 0.3 is 0 Å². The number of anilines is 1. The minimum atomic E-state index is -1.04. The second kappa shape index (κ2) is 5.48. The van der Waals surface area contributed by atoms with Crippen LogP contribution in [0.25, 0.3) is 0 Å². The van der Waals surface area contributed by atoms with Crippen molar-refractivity contribution in [3.63, 3.8) is 0 Å². The van der Waals surface area contributed by atoms with Crippen molar-refractivity contribution in [2.45, 2.75) is 12.5 Å². The van der Waals surface area contributed by atoms with E-state index in [-0.39, 0.29) is 13.2 Å². The van der Waals surface area contributed by atoms with Crippen LogP contribution in [0.1, 0.15) is 17.3 Å². The second-order valence-electron chi connectivity index (χ2n) is 4.07. The molecule has 94 valence electrons. The molecule has 0 aromatic heterocycles. The van der Waals surface area contributed by atoms with Gasteiger partial charge in [0.1, 0.15) is 0 Å². The molecule has 0 radical (unpaired) electrons. The van der Waals surface area contributed by atoms with E-state index in [1.807, 2.05) is 0 Å². The first kappa shape index (κ1) is 14.0. The summed E-state index contributed by atoms with van der Waals surface area (Å²) in [6.45, 7) is 0.857. The molecule has 1 aromatic rings. The van der Waals surface area contributed by atoms with Gasteiger partial charge in [0.05, 0.1) is 18.8 Å². The molecule has 5 N–H and O–H groups in total. The Morgan fingerprint density at radius 1 is 1.47 bits per heavy atom. The number of carbonyl (C=O) groups is 1. The summed E-state index contributed by atoms with van der Waals surface area (Å²) in [5.41, 5.74) is 5.44. The van der Waals surface area contributed by atoms with E-state index in [1.54, 1.807) is 19.1 Å². The van der Waals surface area contributed by atoms with Gasteiger partial charge in [-0.2, -0.15) is 0 Å². The van der Waals surface area contributed by atoms with Gasteiger partial charge in [-0.05, 0) is 41.1 Å². The monoisotopic (exact) mass is 302 g/mol. The predicted octanol–water partition coefficient (Wildman–Crippen LogP) is 0.504. The molecule has 0 bridgehead atoms. The lowest BCUT2D eigenvalue weighted by Crippen LogP contribution is -2.51. The van der Waals surface area contributed by atoms with Crippen LogP contribution in [0, 0.1) is 0 Å². The molecule has 6 heteroatoms. The number of nitrogens with two attached hydrogens (primary N) is 1. The third-order valence-electron chi connectivity index (χ3n) is 2.37. The van der Waals surface area contributed by atoms with Crippen molar-refractivity contribution in [2.24, 2.45) is 0 Å². The smallest absolute Gasteiger partial charge is 0.251 e. The fourth-order valence-corrected chi connectivity index (χ4v) is 1.41. The lowest BCUT2D eigenvalue weighted by Gasteiger charge is -2.26. The largest absolute Gasteiger partial charge is 0.398 e. The number of nitrogens with one attached hydrogen (secondary N) is 1. The maximum Gasteiger partial charge on any atom is 0.251 e. The molecule has 0 atom stereocenters. The minimum Gasteiger partial charge on any atom is -0.398 e. The first-order chi connectivity index (χ1) is 7.91. The van der Waals surface area contributed by atoms with E-state index in [0.717, 1.165) is 0 Å². The second-order valence-corrected chi connectivity index (χ2v) is 4.92. The van der Waals surface area contributed by atoms with Crippen LogP contribution in [0.4, 0.5) is 5.69 Å². The number of hydrogen-bond donors (Lipinski definition) is 4. The van der Waals surface area contributed by atoms with Crippen LogP contribution in [-0.2, 0) is 0 Å². The van der Waals surface area contributed by atoms with Crippen LogP contribution in [0.2, 0.25) is 0 Å². The third kappa shape index (κ3) is 3.42. The number of rotatable bonds is 4. The van der Waals surface area contributed by atoms with Crippen LogP contribution in [-0.4, -0.2) is 34.9 Å². The number of nitrogen functional groups attached to an aromatic ring is 1. The number of benzene rings is 1. The van der Waals surface area contributed by atoms with Gasteiger partial charge in [0.25, 0.3) is 5.91 Å². The lowest BCUT2D eigenvalue weighted by atomic mass is 10.0. The van der Waals surface area contributed by atoms with E-state index in [4.69, 9.17) is 15.9 Å². The summed E-state index contributed by atoms with van der Waals surface area (Å²) in [4.78, 5) is 11.8. The number of carbonyl (C=O) groups excluding carboxylic acids is 1. The van der Waals surface area contributed by atoms with E-state index in [1.165, 1.54) is 6.07 Å².